The van der Waals surface area contributed by atoms with Crippen molar-refractivity contribution in [2.75, 3.05) is 6.61 Å². The van der Waals surface area contributed by atoms with Crippen molar-refractivity contribution < 1.29 is 29.2 Å². The molecule has 0 radical (unpaired) electrons. The molecule has 1 aromatic carbocycles. The maximum absolute atomic E-state index is 11.2. The standard InChI is InChI=1S/C15H19NO6/c1-8(17)16-11-12(18)13-10(21-14(11)19)7-20-15(22-13)9-5-3-2-4-6-9/h2-6,10-15,18-19H,7H2,1H3,(H,16,17)/t10-,11+,12-,13-,14-,15-/m1/s1. The lowest BCUT2D eigenvalue weighted by Crippen LogP contribution is -2.66. The summed E-state index contributed by atoms with van der Waals surface area (Å²) in [5, 5.41) is 22.8. The zero-order chi connectivity index (χ0) is 15.7. The number of aliphatic hydroxyl groups is 2. The number of amides is 1. The molecule has 2 heterocycles. The Morgan fingerprint density at radius 2 is 1.95 bits per heavy atom. The van der Waals surface area contributed by atoms with Crippen LogP contribution < -0.4 is 5.32 Å². The highest BCUT2D eigenvalue weighted by atomic mass is 16.7. The van der Waals surface area contributed by atoms with Gasteiger partial charge in [0.2, 0.25) is 5.91 Å². The third kappa shape index (κ3) is 2.99. The van der Waals surface area contributed by atoms with Gasteiger partial charge in [-0.3, -0.25) is 4.79 Å². The minimum Gasteiger partial charge on any atom is -0.388 e. The minimum absolute atomic E-state index is 0.186. The molecule has 0 saturated carbocycles. The van der Waals surface area contributed by atoms with Gasteiger partial charge in [-0.2, -0.15) is 0 Å². The lowest BCUT2D eigenvalue weighted by atomic mass is 9.96. The van der Waals surface area contributed by atoms with Gasteiger partial charge in [0.05, 0.1) is 6.61 Å². The van der Waals surface area contributed by atoms with Crippen LogP contribution in [0.3, 0.4) is 0 Å². The third-order valence-electron chi connectivity index (χ3n) is 3.83. The van der Waals surface area contributed by atoms with E-state index in [-0.39, 0.29) is 12.5 Å². The second-order valence-corrected chi connectivity index (χ2v) is 5.46. The summed E-state index contributed by atoms with van der Waals surface area (Å²) in [6, 6.07) is 8.41. The zero-order valence-corrected chi connectivity index (χ0v) is 12.1. The van der Waals surface area contributed by atoms with Crippen LogP contribution in [0.2, 0.25) is 0 Å². The fourth-order valence-corrected chi connectivity index (χ4v) is 2.78. The molecule has 3 rings (SSSR count). The topological polar surface area (TPSA) is 97.3 Å². The van der Waals surface area contributed by atoms with Gasteiger partial charge in [-0.15, -0.1) is 0 Å². The zero-order valence-electron chi connectivity index (χ0n) is 12.1. The van der Waals surface area contributed by atoms with Gasteiger partial charge in [0, 0.05) is 12.5 Å². The molecule has 2 saturated heterocycles. The first-order valence-corrected chi connectivity index (χ1v) is 7.17. The van der Waals surface area contributed by atoms with Gasteiger partial charge in [0.15, 0.2) is 12.6 Å². The van der Waals surface area contributed by atoms with E-state index in [0.29, 0.717) is 0 Å². The van der Waals surface area contributed by atoms with E-state index in [4.69, 9.17) is 14.2 Å². The van der Waals surface area contributed by atoms with Crippen LogP contribution in [0.5, 0.6) is 0 Å². The monoisotopic (exact) mass is 309 g/mol. The van der Waals surface area contributed by atoms with Gasteiger partial charge in [0.1, 0.15) is 24.4 Å². The molecular weight excluding hydrogens is 290 g/mol. The predicted octanol–water partition coefficient (Wildman–Crippen LogP) is -0.317. The van der Waals surface area contributed by atoms with Crippen LogP contribution in [-0.4, -0.2) is 53.4 Å². The number of hydrogen-bond donors (Lipinski definition) is 3. The average molecular weight is 309 g/mol. The number of fused-ring (bicyclic) bond motifs is 1. The summed E-state index contributed by atoms with van der Waals surface area (Å²) in [7, 11) is 0. The summed E-state index contributed by atoms with van der Waals surface area (Å²) in [6.45, 7) is 1.49. The molecule has 22 heavy (non-hydrogen) atoms. The van der Waals surface area contributed by atoms with Crippen molar-refractivity contribution in [2.24, 2.45) is 0 Å². The van der Waals surface area contributed by atoms with Crippen LogP contribution in [0.1, 0.15) is 18.8 Å². The fraction of sp³-hybridized carbons (Fsp3) is 0.533. The Morgan fingerprint density at radius 1 is 1.23 bits per heavy atom. The molecule has 3 N–H and O–H groups in total. The number of hydrogen-bond acceptors (Lipinski definition) is 6. The lowest BCUT2D eigenvalue weighted by Gasteiger charge is -2.46. The number of aliphatic hydroxyl groups excluding tert-OH is 2. The summed E-state index contributed by atoms with van der Waals surface area (Å²) in [6.07, 6.45) is -4.29. The van der Waals surface area contributed by atoms with E-state index in [0.717, 1.165) is 5.56 Å². The largest absolute Gasteiger partial charge is 0.388 e. The second kappa shape index (κ2) is 6.31. The van der Waals surface area contributed by atoms with Crippen molar-refractivity contribution in [3.63, 3.8) is 0 Å². The summed E-state index contributed by atoms with van der Waals surface area (Å²) < 4.78 is 16.8. The van der Waals surface area contributed by atoms with Crippen LogP contribution in [0.4, 0.5) is 0 Å². The van der Waals surface area contributed by atoms with Crippen molar-refractivity contribution in [1.82, 2.24) is 5.32 Å². The van der Waals surface area contributed by atoms with E-state index in [2.05, 4.69) is 5.32 Å². The predicted molar refractivity (Wildman–Crippen MR) is 74.5 cm³/mol. The Morgan fingerprint density at radius 3 is 2.64 bits per heavy atom. The Labute approximate surface area is 127 Å². The molecule has 0 unspecified atom stereocenters. The van der Waals surface area contributed by atoms with Gasteiger partial charge < -0.3 is 29.7 Å². The summed E-state index contributed by atoms with van der Waals surface area (Å²) >= 11 is 0. The van der Waals surface area contributed by atoms with Crippen molar-refractivity contribution in [2.45, 2.75) is 43.9 Å². The maximum atomic E-state index is 11.2. The summed E-state index contributed by atoms with van der Waals surface area (Å²) in [4.78, 5) is 11.2. The number of ether oxygens (including phenoxy) is 3. The minimum atomic E-state index is -1.30. The van der Waals surface area contributed by atoms with Crippen LogP contribution in [0.25, 0.3) is 0 Å². The number of carbonyl (C=O) groups is 1. The van der Waals surface area contributed by atoms with Crippen molar-refractivity contribution in [3.8, 4) is 0 Å². The Hall–Kier alpha value is -1.51. The molecule has 0 aromatic heterocycles. The first kappa shape index (κ1) is 15.4. The molecule has 0 bridgehead atoms. The molecular formula is C15H19NO6. The Bertz CT molecular complexity index is 524. The third-order valence-corrected chi connectivity index (χ3v) is 3.83. The fourth-order valence-electron chi connectivity index (χ4n) is 2.78. The van der Waals surface area contributed by atoms with Crippen LogP contribution in [0.15, 0.2) is 30.3 Å². The van der Waals surface area contributed by atoms with Crippen LogP contribution >= 0.6 is 0 Å². The van der Waals surface area contributed by atoms with E-state index in [1.54, 1.807) is 0 Å². The molecule has 2 aliphatic heterocycles. The van der Waals surface area contributed by atoms with Crippen molar-refractivity contribution in [3.05, 3.63) is 35.9 Å². The number of benzene rings is 1. The van der Waals surface area contributed by atoms with Gasteiger partial charge in [-0.05, 0) is 0 Å². The highest BCUT2D eigenvalue weighted by molar-refractivity contribution is 5.73. The SMILES string of the molecule is CC(=O)N[C@H]1[C@@H](O)[C@@H]2O[C@H](c3ccccc3)OC[C@H]2O[C@H]1O. The van der Waals surface area contributed by atoms with E-state index in [9.17, 15) is 15.0 Å². The van der Waals surface area contributed by atoms with Crippen molar-refractivity contribution >= 4 is 5.91 Å². The number of carbonyl (C=O) groups excluding carboxylic acids is 1. The molecule has 2 aliphatic rings. The van der Waals surface area contributed by atoms with E-state index in [1.165, 1.54) is 6.92 Å². The number of rotatable bonds is 2. The molecule has 1 aromatic rings. The van der Waals surface area contributed by atoms with Gasteiger partial charge >= 0.3 is 0 Å². The summed E-state index contributed by atoms with van der Waals surface area (Å²) in [5.74, 6) is -0.364. The molecule has 2 fully saturated rings. The van der Waals surface area contributed by atoms with Crippen LogP contribution in [-0.2, 0) is 19.0 Å². The number of nitrogens with one attached hydrogen (secondary N) is 1. The Kier molecular flexibility index (Phi) is 4.42. The van der Waals surface area contributed by atoms with Crippen LogP contribution in [0, 0.1) is 0 Å². The van der Waals surface area contributed by atoms with Gasteiger partial charge in [-0.1, -0.05) is 30.3 Å². The molecule has 0 aliphatic carbocycles. The van der Waals surface area contributed by atoms with Gasteiger partial charge in [0.25, 0.3) is 0 Å². The molecule has 6 atom stereocenters. The normalized spacial score (nSPS) is 38.1. The summed E-state index contributed by atoms with van der Waals surface area (Å²) in [5.41, 5.74) is 0.829. The molecule has 7 nitrogen and oxygen atoms in total. The molecule has 0 spiro atoms. The molecule has 1 amide bonds. The smallest absolute Gasteiger partial charge is 0.217 e. The van der Waals surface area contributed by atoms with E-state index < -0.39 is 36.9 Å². The van der Waals surface area contributed by atoms with Crippen molar-refractivity contribution in [1.29, 1.82) is 0 Å². The quantitative estimate of drug-likeness (QED) is 0.693. The average Bonchev–Trinajstić information content (AvgIpc) is 2.52. The molecule has 120 valence electrons. The first-order chi connectivity index (χ1) is 10.6. The maximum Gasteiger partial charge on any atom is 0.217 e. The van der Waals surface area contributed by atoms with E-state index in [1.807, 2.05) is 30.3 Å². The Balaban J connectivity index is 1.75. The van der Waals surface area contributed by atoms with E-state index >= 15 is 0 Å². The lowest BCUT2D eigenvalue weighted by molar-refractivity contribution is -0.337. The highest BCUT2D eigenvalue weighted by Gasteiger charge is 2.49. The van der Waals surface area contributed by atoms with Gasteiger partial charge in [-0.25, -0.2) is 0 Å². The second-order valence-electron chi connectivity index (χ2n) is 5.46. The molecule has 7 heteroatoms. The highest BCUT2D eigenvalue weighted by Crippen LogP contribution is 2.33. The first-order valence-electron chi connectivity index (χ1n) is 7.17.